The van der Waals surface area contributed by atoms with Gasteiger partial charge in [0.05, 0.1) is 17.2 Å². The van der Waals surface area contributed by atoms with Crippen molar-refractivity contribution < 1.29 is 4.74 Å². The van der Waals surface area contributed by atoms with E-state index in [0.29, 0.717) is 6.54 Å². The Morgan fingerprint density at radius 3 is 2.95 bits per heavy atom. The molecule has 1 unspecified atom stereocenters. The topological polar surface area (TPSA) is 51.4 Å². The molecule has 0 aliphatic carbocycles. The molecule has 1 saturated heterocycles. The molecular weight excluding hydrogens is 262 g/mol. The SMILES string of the molecule is CC1(C)CN(Cc2ccnc3ccccc23)CC(CN)O1. The van der Waals surface area contributed by atoms with E-state index in [1.54, 1.807) is 0 Å². The first-order chi connectivity index (χ1) is 10.1. The summed E-state index contributed by atoms with van der Waals surface area (Å²) in [6, 6.07) is 10.4. The van der Waals surface area contributed by atoms with Crippen molar-refractivity contribution in [3.05, 3.63) is 42.1 Å². The summed E-state index contributed by atoms with van der Waals surface area (Å²) < 4.78 is 6.00. The summed E-state index contributed by atoms with van der Waals surface area (Å²) in [6.45, 7) is 7.54. The molecule has 1 aromatic heterocycles. The number of aromatic nitrogens is 1. The first kappa shape index (κ1) is 14.4. The fourth-order valence-electron chi connectivity index (χ4n) is 3.19. The molecule has 0 saturated carbocycles. The molecule has 0 radical (unpaired) electrons. The molecule has 1 aliphatic rings. The number of hydrogen-bond acceptors (Lipinski definition) is 4. The second kappa shape index (κ2) is 5.72. The molecule has 2 aromatic rings. The number of nitrogens with zero attached hydrogens (tertiary/aromatic N) is 2. The summed E-state index contributed by atoms with van der Waals surface area (Å²) in [6.07, 6.45) is 2.01. The first-order valence-corrected chi connectivity index (χ1v) is 7.50. The van der Waals surface area contributed by atoms with E-state index in [-0.39, 0.29) is 11.7 Å². The van der Waals surface area contributed by atoms with Gasteiger partial charge in [-0.25, -0.2) is 0 Å². The maximum Gasteiger partial charge on any atom is 0.0831 e. The Morgan fingerprint density at radius 1 is 1.33 bits per heavy atom. The predicted octanol–water partition coefficient (Wildman–Crippen LogP) is 2.17. The lowest BCUT2D eigenvalue weighted by Crippen LogP contribution is -2.54. The van der Waals surface area contributed by atoms with Gasteiger partial charge in [-0.15, -0.1) is 0 Å². The number of rotatable bonds is 3. The molecule has 1 fully saturated rings. The third-order valence-electron chi connectivity index (χ3n) is 3.95. The van der Waals surface area contributed by atoms with E-state index in [1.807, 2.05) is 12.3 Å². The van der Waals surface area contributed by atoms with Crippen LogP contribution in [0.3, 0.4) is 0 Å². The fraction of sp³-hybridized carbons (Fsp3) is 0.471. The van der Waals surface area contributed by atoms with Gasteiger partial charge in [-0.1, -0.05) is 18.2 Å². The van der Waals surface area contributed by atoms with E-state index >= 15 is 0 Å². The number of morpholine rings is 1. The fourth-order valence-corrected chi connectivity index (χ4v) is 3.19. The monoisotopic (exact) mass is 285 g/mol. The summed E-state index contributed by atoms with van der Waals surface area (Å²) in [4.78, 5) is 6.86. The van der Waals surface area contributed by atoms with Crippen LogP contribution in [0.1, 0.15) is 19.4 Å². The Bertz CT molecular complexity index is 621. The number of hydrogen-bond donors (Lipinski definition) is 1. The highest BCUT2D eigenvalue weighted by Gasteiger charge is 2.32. The number of para-hydroxylation sites is 1. The molecule has 1 aromatic carbocycles. The predicted molar refractivity (Wildman–Crippen MR) is 85.0 cm³/mol. The standard InChI is InChI=1S/C17H23N3O/c1-17(2)12-20(11-14(9-18)21-17)10-13-7-8-19-16-6-4-3-5-15(13)16/h3-8,14H,9-12,18H2,1-2H3. The van der Waals surface area contributed by atoms with Crippen molar-refractivity contribution in [2.24, 2.45) is 5.73 Å². The van der Waals surface area contributed by atoms with E-state index in [9.17, 15) is 0 Å². The number of benzene rings is 1. The van der Waals surface area contributed by atoms with E-state index in [4.69, 9.17) is 10.5 Å². The molecule has 1 atom stereocenters. The average molecular weight is 285 g/mol. The van der Waals surface area contributed by atoms with E-state index < -0.39 is 0 Å². The van der Waals surface area contributed by atoms with Crippen LogP contribution in [-0.4, -0.2) is 41.2 Å². The molecule has 0 spiro atoms. The summed E-state index contributed by atoms with van der Waals surface area (Å²) in [7, 11) is 0. The highest BCUT2D eigenvalue weighted by molar-refractivity contribution is 5.81. The van der Waals surface area contributed by atoms with Crippen molar-refractivity contribution in [3.63, 3.8) is 0 Å². The maximum absolute atomic E-state index is 6.00. The van der Waals surface area contributed by atoms with Gasteiger partial charge in [-0.05, 0) is 31.5 Å². The third-order valence-corrected chi connectivity index (χ3v) is 3.95. The molecule has 2 N–H and O–H groups in total. The van der Waals surface area contributed by atoms with Crippen LogP contribution in [0.4, 0.5) is 0 Å². The van der Waals surface area contributed by atoms with Gasteiger partial charge in [0, 0.05) is 37.8 Å². The van der Waals surface area contributed by atoms with Gasteiger partial charge < -0.3 is 10.5 Å². The van der Waals surface area contributed by atoms with Gasteiger partial charge in [0.15, 0.2) is 0 Å². The van der Waals surface area contributed by atoms with Crippen LogP contribution in [0.25, 0.3) is 10.9 Å². The smallest absolute Gasteiger partial charge is 0.0831 e. The van der Waals surface area contributed by atoms with Gasteiger partial charge in [0.2, 0.25) is 0 Å². The largest absolute Gasteiger partial charge is 0.368 e. The van der Waals surface area contributed by atoms with Crippen LogP contribution in [-0.2, 0) is 11.3 Å². The highest BCUT2D eigenvalue weighted by Crippen LogP contribution is 2.24. The van der Waals surface area contributed by atoms with Crippen LogP contribution in [0, 0.1) is 0 Å². The lowest BCUT2D eigenvalue weighted by molar-refractivity contribution is -0.133. The van der Waals surface area contributed by atoms with Crippen molar-refractivity contribution in [2.45, 2.75) is 32.1 Å². The minimum absolute atomic E-state index is 0.113. The van der Waals surface area contributed by atoms with Gasteiger partial charge in [-0.3, -0.25) is 9.88 Å². The van der Waals surface area contributed by atoms with Crippen LogP contribution in [0.15, 0.2) is 36.5 Å². The Hall–Kier alpha value is -1.49. The van der Waals surface area contributed by atoms with Crippen LogP contribution >= 0.6 is 0 Å². The lowest BCUT2D eigenvalue weighted by atomic mass is 10.0. The normalized spacial score (nSPS) is 22.5. The zero-order valence-electron chi connectivity index (χ0n) is 12.7. The summed E-state index contributed by atoms with van der Waals surface area (Å²) in [5.74, 6) is 0. The molecule has 3 rings (SSSR count). The van der Waals surface area contributed by atoms with Crippen LogP contribution < -0.4 is 5.73 Å². The van der Waals surface area contributed by atoms with Gasteiger partial charge >= 0.3 is 0 Å². The Labute approximate surface area is 125 Å². The highest BCUT2D eigenvalue weighted by atomic mass is 16.5. The molecule has 1 aliphatic heterocycles. The zero-order chi connectivity index (χ0) is 14.9. The van der Waals surface area contributed by atoms with Crippen molar-refractivity contribution in [2.75, 3.05) is 19.6 Å². The summed E-state index contributed by atoms with van der Waals surface area (Å²) in [5, 5.41) is 1.23. The molecule has 21 heavy (non-hydrogen) atoms. The van der Waals surface area contributed by atoms with E-state index in [0.717, 1.165) is 25.2 Å². The molecule has 2 heterocycles. The molecule has 4 nitrogen and oxygen atoms in total. The number of ether oxygens (including phenoxy) is 1. The van der Waals surface area contributed by atoms with Crippen molar-refractivity contribution in [1.82, 2.24) is 9.88 Å². The number of pyridine rings is 1. The third kappa shape index (κ3) is 3.23. The number of nitrogens with two attached hydrogens (primary N) is 1. The minimum Gasteiger partial charge on any atom is -0.368 e. The Morgan fingerprint density at radius 2 is 2.14 bits per heavy atom. The number of fused-ring (bicyclic) bond motifs is 1. The molecular formula is C17H23N3O. The van der Waals surface area contributed by atoms with Crippen molar-refractivity contribution in [3.8, 4) is 0 Å². The lowest BCUT2D eigenvalue weighted by Gasteiger charge is -2.42. The van der Waals surface area contributed by atoms with Crippen LogP contribution in [0.2, 0.25) is 0 Å². The Kier molecular flexibility index (Phi) is 3.93. The van der Waals surface area contributed by atoms with Gasteiger partial charge in [0.1, 0.15) is 0 Å². The van der Waals surface area contributed by atoms with Crippen molar-refractivity contribution in [1.29, 1.82) is 0 Å². The van der Waals surface area contributed by atoms with Crippen LogP contribution in [0.5, 0.6) is 0 Å². The van der Waals surface area contributed by atoms with Gasteiger partial charge in [0.25, 0.3) is 0 Å². The second-order valence-corrected chi connectivity index (χ2v) is 6.39. The van der Waals surface area contributed by atoms with Gasteiger partial charge in [-0.2, -0.15) is 0 Å². The second-order valence-electron chi connectivity index (χ2n) is 6.39. The minimum atomic E-state index is -0.148. The van der Waals surface area contributed by atoms with Crippen molar-refractivity contribution >= 4 is 10.9 Å². The Balaban J connectivity index is 1.84. The summed E-state index contributed by atoms with van der Waals surface area (Å²) >= 11 is 0. The van der Waals surface area contributed by atoms with E-state index in [1.165, 1.54) is 10.9 Å². The summed E-state index contributed by atoms with van der Waals surface area (Å²) in [5.41, 5.74) is 8.03. The molecule has 4 heteroatoms. The molecule has 0 bridgehead atoms. The zero-order valence-corrected chi connectivity index (χ0v) is 12.7. The maximum atomic E-state index is 6.00. The average Bonchev–Trinajstić information content (AvgIpc) is 2.46. The molecule has 112 valence electrons. The van der Waals surface area contributed by atoms with E-state index in [2.05, 4.69) is 48.0 Å². The first-order valence-electron chi connectivity index (χ1n) is 7.50. The quantitative estimate of drug-likeness (QED) is 0.939. The molecule has 0 amide bonds.